The fourth-order valence-electron chi connectivity index (χ4n) is 2.63. The zero-order valence-corrected chi connectivity index (χ0v) is 13.7. The third-order valence-electron chi connectivity index (χ3n) is 3.81. The summed E-state index contributed by atoms with van der Waals surface area (Å²) >= 11 is 0. The van der Waals surface area contributed by atoms with Crippen molar-refractivity contribution in [2.24, 2.45) is 0 Å². The maximum atomic E-state index is 5.49. The molecule has 1 radical (unpaired) electrons. The van der Waals surface area contributed by atoms with E-state index in [0.29, 0.717) is 11.8 Å². The molecule has 2 aromatic rings. The Bertz CT molecular complexity index is 559. The molecule has 0 aliphatic heterocycles. The SMILES string of the molecule is COc1cc(C(C)C)c([B]c2ccccc2)c(C(C)C)c1. The Morgan fingerprint density at radius 2 is 1.38 bits per heavy atom. The lowest BCUT2D eigenvalue weighted by atomic mass is 9.59. The molecule has 2 heteroatoms. The van der Waals surface area contributed by atoms with Crippen LogP contribution in [0.15, 0.2) is 42.5 Å². The van der Waals surface area contributed by atoms with Crippen LogP contribution < -0.4 is 15.7 Å². The molecule has 0 bridgehead atoms. The van der Waals surface area contributed by atoms with E-state index in [4.69, 9.17) is 4.74 Å². The van der Waals surface area contributed by atoms with Crippen LogP contribution >= 0.6 is 0 Å². The van der Waals surface area contributed by atoms with Crippen molar-refractivity contribution in [3.8, 4) is 5.75 Å². The van der Waals surface area contributed by atoms with Crippen LogP contribution in [0.25, 0.3) is 0 Å². The van der Waals surface area contributed by atoms with Crippen molar-refractivity contribution in [3.63, 3.8) is 0 Å². The summed E-state index contributed by atoms with van der Waals surface area (Å²) in [5.74, 6) is 1.88. The fraction of sp³-hybridized carbons (Fsp3) is 0.368. The first-order valence-corrected chi connectivity index (χ1v) is 7.64. The highest BCUT2D eigenvalue weighted by Gasteiger charge is 2.17. The molecule has 0 N–H and O–H groups in total. The topological polar surface area (TPSA) is 9.23 Å². The molecule has 0 fully saturated rings. The Balaban J connectivity index is 2.55. The highest BCUT2D eigenvalue weighted by atomic mass is 16.5. The number of hydrogen-bond acceptors (Lipinski definition) is 1. The summed E-state index contributed by atoms with van der Waals surface area (Å²) in [5.41, 5.74) is 5.28. The average molecular weight is 279 g/mol. The van der Waals surface area contributed by atoms with Gasteiger partial charge in [0, 0.05) is 0 Å². The van der Waals surface area contributed by atoms with Crippen LogP contribution in [0.1, 0.15) is 50.7 Å². The Hall–Kier alpha value is -1.70. The van der Waals surface area contributed by atoms with Gasteiger partial charge in [-0.3, -0.25) is 0 Å². The monoisotopic (exact) mass is 279 g/mol. The van der Waals surface area contributed by atoms with Crippen LogP contribution in [0, 0.1) is 0 Å². The van der Waals surface area contributed by atoms with Crippen LogP contribution in [0.5, 0.6) is 5.75 Å². The zero-order valence-electron chi connectivity index (χ0n) is 13.7. The van der Waals surface area contributed by atoms with Gasteiger partial charge in [0.15, 0.2) is 7.28 Å². The summed E-state index contributed by atoms with van der Waals surface area (Å²) in [7, 11) is 4.04. The predicted molar refractivity (Wildman–Crippen MR) is 92.6 cm³/mol. The molecule has 21 heavy (non-hydrogen) atoms. The number of methoxy groups -OCH3 is 1. The van der Waals surface area contributed by atoms with E-state index in [-0.39, 0.29) is 0 Å². The lowest BCUT2D eigenvalue weighted by molar-refractivity contribution is 0.413. The zero-order chi connectivity index (χ0) is 15.4. The molecule has 0 saturated heterocycles. The summed E-state index contributed by atoms with van der Waals surface area (Å²) in [6, 6.07) is 14.9. The number of benzene rings is 2. The summed E-state index contributed by atoms with van der Waals surface area (Å²) in [6.45, 7) is 8.95. The molecule has 0 spiro atoms. The van der Waals surface area contributed by atoms with Gasteiger partial charge in [0.2, 0.25) is 0 Å². The van der Waals surface area contributed by atoms with Crippen molar-refractivity contribution >= 4 is 18.2 Å². The Kier molecular flexibility index (Phi) is 5.11. The Morgan fingerprint density at radius 1 is 0.857 bits per heavy atom. The molecular weight excluding hydrogens is 255 g/mol. The van der Waals surface area contributed by atoms with Crippen LogP contribution in [-0.2, 0) is 0 Å². The van der Waals surface area contributed by atoms with E-state index in [9.17, 15) is 0 Å². The highest BCUT2D eigenvalue weighted by molar-refractivity contribution is 6.68. The first kappa shape index (κ1) is 15.7. The van der Waals surface area contributed by atoms with E-state index < -0.39 is 0 Å². The van der Waals surface area contributed by atoms with Crippen molar-refractivity contribution in [3.05, 3.63) is 53.6 Å². The third-order valence-corrected chi connectivity index (χ3v) is 3.81. The average Bonchev–Trinajstić information content (AvgIpc) is 2.47. The van der Waals surface area contributed by atoms with Crippen molar-refractivity contribution in [1.82, 2.24) is 0 Å². The highest BCUT2D eigenvalue weighted by Crippen LogP contribution is 2.25. The second-order valence-electron chi connectivity index (χ2n) is 6.08. The van der Waals surface area contributed by atoms with Crippen molar-refractivity contribution in [2.45, 2.75) is 39.5 Å². The van der Waals surface area contributed by atoms with E-state index in [0.717, 1.165) is 5.75 Å². The lowest BCUT2D eigenvalue weighted by Crippen LogP contribution is -2.33. The van der Waals surface area contributed by atoms with Gasteiger partial charge < -0.3 is 4.74 Å². The lowest BCUT2D eigenvalue weighted by Gasteiger charge is -2.21. The first-order valence-electron chi connectivity index (χ1n) is 7.64. The van der Waals surface area contributed by atoms with E-state index in [1.165, 1.54) is 22.1 Å². The van der Waals surface area contributed by atoms with Crippen molar-refractivity contribution in [2.75, 3.05) is 7.11 Å². The number of rotatable bonds is 5. The van der Waals surface area contributed by atoms with E-state index >= 15 is 0 Å². The van der Waals surface area contributed by atoms with Crippen molar-refractivity contribution < 1.29 is 4.74 Å². The molecule has 2 rings (SSSR count). The Labute approximate surface area is 129 Å². The van der Waals surface area contributed by atoms with Gasteiger partial charge in [0.1, 0.15) is 5.75 Å². The van der Waals surface area contributed by atoms with Gasteiger partial charge in [-0.25, -0.2) is 0 Å². The number of ether oxygens (including phenoxy) is 1. The van der Waals surface area contributed by atoms with Crippen LogP contribution in [0.3, 0.4) is 0 Å². The van der Waals surface area contributed by atoms with Crippen LogP contribution in [0.2, 0.25) is 0 Å². The maximum absolute atomic E-state index is 5.49. The van der Waals surface area contributed by atoms with Crippen LogP contribution in [-0.4, -0.2) is 14.4 Å². The van der Waals surface area contributed by atoms with Gasteiger partial charge in [-0.15, -0.1) is 0 Å². The Morgan fingerprint density at radius 3 is 1.81 bits per heavy atom. The smallest absolute Gasteiger partial charge is 0.192 e. The molecule has 0 amide bonds. The minimum Gasteiger partial charge on any atom is -0.497 e. The summed E-state index contributed by atoms with van der Waals surface area (Å²) < 4.78 is 5.49. The molecular formula is C19H24BO. The predicted octanol–water partition coefficient (Wildman–Crippen LogP) is 3.60. The van der Waals surface area contributed by atoms with Gasteiger partial charge in [0.05, 0.1) is 7.11 Å². The van der Waals surface area contributed by atoms with Crippen molar-refractivity contribution in [1.29, 1.82) is 0 Å². The minimum absolute atomic E-state index is 0.465. The van der Waals surface area contributed by atoms with E-state index in [2.05, 4.69) is 77.4 Å². The molecule has 1 nitrogen and oxygen atoms in total. The quantitative estimate of drug-likeness (QED) is 0.760. The standard InChI is InChI=1S/C19H24BO/c1-13(2)17-11-16(21-5)12-18(14(3)4)19(17)20-15-9-7-6-8-10-15/h6-14H,1-5H3. The molecule has 0 saturated carbocycles. The van der Waals surface area contributed by atoms with E-state index in [1.807, 2.05) is 0 Å². The van der Waals surface area contributed by atoms with Gasteiger partial charge in [-0.05, 0) is 35.1 Å². The molecule has 0 aromatic heterocycles. The third kappa shape index (κ3) is 3.69. The van der Waals surface area contributed by atoms with Gasteiger partial charge in [-0.2, -0.15) is 0 Å². The molecule has 0 heterocycles. The second kappa shape index (κ2) is 6.84. The first-order chi connectivity index (χ1) is 10.0. The van der Waals surface area contributed by atoms with Gasteiger partial charge in [-0.1, -0.05) is 69.0 Å². The molecule has 0 atom stereocenters. The fourth-order valence-corrected chi connectivity index (χ4v) is 2.63. The van der Waals surface area contributed by atoms with E-state index in [1.54, 1.807) is 7.11 Å². The van der Waals surface area contributed by atoms with Gasteiger partial charge in [0.25, 0.3) is 0 Å². The summed E-state index contributed by atoms with van der Waals surface area (Å²) in [5, 5.41) is 0. The minimum atomic E-state index is 0.465. The molecule has 109 valence electrons. The number of hydrogen-bond donors (Lipinski definition) is 0. The molecule has 2 aromatic carbocycles. The summed E-state index contributed by atoms with van der Waals surface area (Å²) in [6.07, 6.45) is 0. The second-order valence-corrected chi connectivity index (χ2v) is 6.08. The molecule has 0 aliphatic rings. The maximum Gasteiger partial charge on any atom is 0.192 e. The normalized spacial score (nSPS) is 11.0. The molecule has 0 aliphatic carbocycles. The van der Waals surface area contributed by atoms with Crippen LogP contribution in [0.4, 0.5) is 0 Å². The molecule has 0 unspecified atom stereocenters. The summed E-state index contributed by atoms with van der Waals surface area (Å²) in [4.78, 5) is 0. The largest absolute Gasteiger partial charge is 0.497 e. The van der Waals surface area contributed by atoms with Gasteiger partial charge >= 0.3 is 0 Å².